The summed E-state index contributed by atoms with van der Waals surface area (Å²) in [5, 5.41) is 17.3. The SMILES string of the molecule is Cn1c(-c2cn(-c3ccc([N+](=O)[O-])cn3)nc2C(F)(F)F)cnc1C(=O)Nc1ccc(C(=O)N2CCC(C(=O)N3CC[N+](C)(C)CC3)CC2)c(Cl)c1.[I-]. The van der Waals surface area contributed by atoms with E-state index in [4.69, 9.17) is 11.6 Å². The first-order valence-electron chi connectivity index (χ1n) is 16.3. The maximum Gasteiger partial charge on any atom is 0.435 e. The summed E-state index contributed by atoms with van der Waals surface area (Å²) in [6, 6.07) is 6.59. The third-order valence-corrected chi connectivity index (χ3v) is 9.79. The maximum absolute atomic E-state index is 14.1. The van der Waals surface area contributed by atoms with Crippen molar-refractivity contribution in [3.05, 3.63) is 81.1 Å². The summed E-state index contributed by atoms with van der Waals surface area (Å²) in [7, 11) is 5.66. The van der Waals surface area contributed by atoms with Crippen LogP contribution in [-0.4, -0.2) is 115 Å². The number of hydrogen-bond acceptors (Lipinski definition) is 8. The van der Waals surface area contributed by atoms with E-state index in [1.54, 1.807) is 4.90 Å². The summed E-state index contributed by atoms with van der Waals surface area (Å²) in [5.74, 6) is -1.39. The van der Waals surface area contributed by atoms with E-state index in [0.29, 0.717) is 25.9 Å². The average molecular weight is 871 g/mol. The Bertz CT molecular complexity index is 2040. The van der Waals surface area contributed by atoms with Gasteiger partial charge < -0.3 is 48.1 Å². The highest BCUT2D eigenvalue weighted by molar-refractivity contribution is 6.34. The van der Waals surface area contributed by atoms with E-state index in [1.807, 2.05) is 4.90 Å². The van der Waals surface area contributed by atoms with Crippen LogP contribution >= 0.6 is 11.6 Å². The summed E-state index contributed by atoms with van der Waals surface area (Å²) in [4.78, 5) is 61.4. The van der Waals surface area contributed by atoms with Crippen LogP contribution in [0.1, 0.15) is 39.5 Å². The van der Waals surface area contributed by atoms with Crippen molar-refractivity contribution in [2.45, 2.75) is 19.0 Å². The molecule has 0 saturated carbocycles. The van der Waals surface area contributed by atoms with Gasteiger partial charge in [-0.05, 0) is 37.1 Å². The van der Waals surface area contributed by atoms with E-state index < -0.39 is 28.3 Å². The van der Waals surface area contributed by atoms with Crippen molar-refractivity contribution in [1.82, 2.24) is 34.1 Å². The number of nitro groups is 1. The third kappa shape index (κ3) is 8.46. The molecule has 6 rings (SSSR count). The number of piperidine rings is 1. The molecule has 15 nitrogen and oxygen atoms in total. The quantitative estimate of drug-likeness (QED) is 0.126. The second-order valence-electron chi connectivity index (χ2n) is 13.4. The van der Waals surface area contributed by atoms with Gasteiger partial charge in [0.05, 0.1) is 73.2 Å². The number of halogens is 5. The van der Waals surface area contributed by atoms with Crippen LogP contribution < -0.4 is 29.3 Å². The van der Waals surface area contributed by atoms with Crippen molar-refractivity contribution in [3.8, 4) is 17.1 Å². The number of carbonyl (C=O) groups excluding carboxylic acids is 3. The van der Waals surface area contributed by atoms with E-state index in [9.17, 15) is 37.7 Å². The van der Waals surface area contributed by atoms with Gasteiger partial charge in [0.2, 0.25) is 5.91 Å². The van der Waals surface area contributed by atoms with E-state index in [-0.39, 0.29) is 81.0 Å². The summed E-state index contributed by atoms with van der Waals surface area (Å²) in [5.41, 5.74) is -1.69. The fourth-order valence-electron chi connectivity index (χ4n) is 6.32. The number of nitrogens with zero attached hydrogens (tertiary/aromatic N) is 9. The summed E-state index contributed by atoms with van der Waals surface area (Å²) in [6.07, 6.45) is -0.769. The Morgan fingerprint density at radius 1 is 1.00 bits per heavy atom. The number of likely N-dealkylation sites (tertiary alicyclic amines) is 1. The molecule has 0 bridgehead atoms. The van der Waals surface area contributed by atoms with Crippen molar-refractivity contribution in [2.24, 2.45) is 13.0 Å². The highest BCUT2D eigenvalue weighted by Crippen LogP contribution is 2.37. The Labute approximate surface area is 323 Å². The van der Waals surface area contributed by atoms with Crippen molar-refractivity contribution < 1.29 is 60.9 Å². The first-order valence-corrected chi connectivity index (χ1v) is 16.7. The number of benzene rings is 1. The Balaban J connectivity index is 0.00000541. The predicted octanol–water partition coefficient (Wildman–Crippen LogP) is 1.28. The molecule has 2 saturated heterocycles. The van der Waals surface area contributed by atoms with Crippen molar-refractivity contribution in [1.29, 1.82) is 0 Å². The smallest absolute Gasteiger partial charge is 0.435 e. The van der Waals surface area contributed by atoms with E-state index in [1.165, 1.54) is 25.2 Å². The second-order valence-corrected chi connectivity index (χ2v) is 13.8. The number of rotatable bonds is 7. The highest BCUT2D eigenvalue weighted by Gasteiger charge is 2.39. The molecule has 4 aromatic rings. The fourth-order valence-corrected chi connectivity index (χ4v) is 6.58. The molecule has 1 aromatic carbocycles. The van der Waals surface area contributed by atoms with Gasteiger partial charge in [-0.2, -0.15) is 18.3 Å². The standard InChI is InChI=1S/C33H34ClF3N10O5.HI/c1-42-26(24-19-45(41-28(24)33(35,36)37)27-7-5-22(17-38-27)46(51)52)18-39-29(42)30(48)40-21-4-6-23(25(34)16-21)32(50)43-10-8-20(9-11-43)31(49)44-12-14-47(2,3)15-13-44;/h4-7,16-20H,8-15H2,1-3H3;1H. The van der Waals surface area contributed by atoms with Crippen LogP contribution in [0.2, 0.25) is 5.02 Å². The zero-order chi connectivity index (χ0) is 37.5. The molecule has 53 heavy (non-hydrogen) atoms. The van der Waals surface area contributed by atoms with Gasteiger partial charge >= 0.3 is 6.18 Å². The van der Waals surface area contributed by atoms with Crippen molar-refractivity contribution in [3.63, 3.8) is 0 Å². The van der Waals surface area contributed by atoms with Gasteiger partial charge in [0, 0.05) is 44.0 Å². The molecule has 3 amide bonds. The largest absolute Gasteiger partial charge is 1.00 e. The number of aromatic nitrogens is 5. The number of likely N-dealkylation sites (N-methyl/N-ethyl adjacent to an activating group) is 1. The molecular formula is C33H35ClF3IN10O5. The first-order chi connectivity index (χ1) is 24.5. The van der Waals surface area contributed by atoms with Gasteiger partial charge in [-0.25, -0.2) is 14.6 Å². The monoisotopic (exact) mass is 870 g/mol. The van der Waals surface area contributed by atoms with Crippen LogP contribution in [0.25, 0.3) is 17.1 Å². The molecule has 0 spiro atoms. The number of piperazine rings is 1. The molecule has 2 fully saturated rings. The minimum absolute atomic E-state index is 0. The number of quaternary nitrogens is 1. The number of nitrogens with one attached hydrogen (secondary N) is 1. The normalized spacial score (nSPS) is 16.2. The molecular weight excluding hydrogens is 836 g/mol. The van der Waals surface area contributed by atoms with Crippen LogP contribution in [0.3, 0.4) is 0 Å². The molecule has 2 aliphatic rings. The van der Waals surface area contributed by atoms with Gasteiger partial charge in [0.25, 0.3) is 17.5 Å². The molecule has 5 heterocycles. The van der Waals surface area contributed by atoms with Crippen LogP contribution in [0.15, 0.2) is 48.9 Å². The zero-order valence-corrected chi connectivity index (χ0v) is 31.7. The van der Waals surface area contributed by atoms with Gasteiger partial charge in [0.1, 0.15) is 6.20 Å². The predicted molar refractivity (Wildman–Crippen MR) is 182 cm³/mol. The molecule has 20 heteroatoms. The first kappa shape index (κ1) is 39.6. The van der Waals surface area contributed by atoms with Crippen LogP contribution in [0.5, 0.6) is 0 Å². The molecule has 0 atom stereocenters. The number of amides is 3. The Kier molecular flexibility index (Phi) is 11.5. The lowest BCUT2D eigenvalue weighted by atomic mass is 9.94. The maximum atomic E-state index is 14.1. The number of imidazole rings is 1. The number of alkyl halides is 3. The Morgan fingerprint density at radius 3 is 2.26 bits per heavy atom. The van der Waals surface area contributed by atoms with E-state index in [2.05, 4.69) is 34.5 Å². The topological polar surface area (TPSA) is 161 Å². The second kappa shape index (κ2) is 15.4. The van der Waals surface area contributed by atoms with Gasteiger partial charge in [0.15, 0.2) is 17.3 Å². The van der Waals surface area contributed by atoms with Gasteiger partial charge in [-0.1, -0.05) is 11.6 Å². The molecule has 0 aliphatic carbocycles. The van der Waals surface area contributed by atoms with Crippen LogP contribution in [0, 0.1) is 16.0 Å². The van der Waals surface area contributed by atoms with Crippen molar-refractivity contribution in [2.75, 3.05) is 58.7 Å². The van der Waals surface area contributed by atoms with Crippen LogP contribution in [0.4, 0.5) is 24.5 Å². The Morgan fingerprint density at radius 2 is 1.68 bits per heavy atom. The van der Waals surface area contributed by atoms with E-state index >= 15 is 0 Å². The lowest BCUT2D eigenvalue weighted by Crippen LogP contribution is -3.00. The molecule has 0 radical (unpaired) electrons. The van der Waals surface area contributed by atoms with Gasteiger partial charge in [-0.15, -0.1) is 0 Å². The summed E-state index contributed by atoms with van der Waals surface area (Å²) < 4.78 is 45.0. The summed E-state index contributed by atoms with van der Waals surface area (Å²) in [6.45, 7) is 4.06. The minimum Gasteiger partial charge on any atom is -1.00 e. The van der Waals surface area contributed by atoms with Crippen LogP contribution in [-0.2, 0) is 18.0 Å². The zero-order valence-electron chi connectivity index (χ0n) is 28.8. The summed E-state index contributed by atoms with van der Waals surface area (Å²) >= 11 is 6.49. The van der Waals surface area contributed by atoms with Crippen molar-refractivity contribution >= 4 is 40.7 Å². The molecule has 282 valence electrons. The number of anilines is 1. The molecule has 0 unspecified atom stereocenters. The fraction of sp³-hybridized carbons (Fsp3) is 0.394. The van der Waals surface area contributed by atoms with Gasteiger partial charge in [-0.3, -0.25) is 24.5 Å². The highest BCUT2D eigenvalue weighted by atomic mass is 127. The lowest BCUT2D eigenvalue weighted by molar-refractivity contribution is -0.894. The molecule has 2 aliphatic heterocycles. The molecule has 3 aromatic heterocycles. The minimum atomic E-state index is -4.90. The Hall–Kier alpha value is -4.63. The number of pyridine rings is 1. The average Bonchev–Trinajstić information content (AvgIpc) is 3.72. The van der Waals surface area contributed by atoms with E-state index in [0.717, 1.165) is 70.6 Å². The molecule has 1 N–H and O–H groups in total. The lowest BCUT2D eigenvalue weighted by Gasteiger charge is -2.41. The number of carbonyl (C=O) groups is 3. The third-order valence-electron chi connectivity index (χ3n) is 9.48. The number of hydrogen-bond donors (Lipinski definition) is 1.